The Morgan fingerprint density at radius 3 is 2.65 bits per heavy atom. The number of carbonyl (C=O) groups is 1. The van der Waals surface area contributed by atoms with Gasteiger partial charge in [-0.3, -0.25) is 14.4 Å². The zero-order chi connectivity index (χ0) is 17.4. The summed E-state index contributed by atoms with van der Waals surface area (Å²) >= 11 is 0. The Morgan fingerprint density at radius 2 is 2.13 bits per heavy atom. The van der Waals surface area contributed by atoms with Crippen LogP contribution in [0, 0.1) is 0 Å². The summed E-state index contributed by atoms with van der Waals surface area (Å²) in [6, 6.07) is 0. The first-order chi connectivity index (χ1) is 10.5. The molecule has 0 spiro atoms. The number of halogens is 3. The normalized spacial score (nSPS) is 20.0. The second kappa shape index (κ2) is 6.12. The molecule has 0 aliphatic carbocycles. The van der Waals surface area contributed by atoms with Gasteiger partial charge in [0.25, 0.3) is 5.91 Å². The van der Waals surface area contributed by atoms with Gasteiger partial charge in [0.1, 0.15) is 5.54 Å². The van der Waals surface area contributed by atoms with Gasteiger partial charge < -0.3 is 10.4 Å². The van der Waals surface area contributed by atoms with Crippen molar-refractivity contribution in [3.8, 4) is 0 Å². The fourth-order valence-electron chi connectivity index (χ4n) is 2.46. The fourth-order valence-corrected chi connectivity index (χ4v) is 2.46. The summed E-state index contributed by atoms with van der Waals surface area (Å²) in [4.78, 5) is 14.2. The third kappa shape index (κ3) is 4.03. The second-order valence-electron chi connectivity index (χ2n) is 6.43. The number of rotatable bonds is 4. The van der Waals surface area contributed by atoms with Crippen molar-refractivity contribution in [2.45, 2.75) is 44.6 Å². The molecule has 2 N–H and O–H groups in total. The molecule has 1 aliphatic heterocycles. The van der Waals surface area contributed by atoms with Crippen molar-refractivity contribution < 1.29 is 23.1 Å². The van der Waals surface area contributed by atoms with E-state index in [4.69, 9.17) is 0 Å². The van der Waals surface area contributed by atoms with E-state index in [-0.39, 0.29) is 5.69 Å². The SMILES string of the molecule is Cn1cc(CN2CCC(O)C2)c(C(=O)NC(C)(C)C(F)(F)F)n1. The number of nitrogens with zero attached hydrogens (tertiary/aromatic N) is 3. The molecule has 1 amide bonds. The largest absolute Gasteiger partial charge is 0.410 e. The van der Waals surface area contributed by atoms with Crippen LogP contribution in [0.25, 0.3) is 0 Å². The van der Waals surface area contributed by atoms with E-state index in [9.17, 15) is 23.1 Å². The van der Waals surface area contributed by atoms with E-state index in [1.54, 1.807) is 13.2 Å². The molecule has 1 aromatic heterocycles. The van der Waals surface area contributed by atoms with Gasteiger partial charge in [0.2, 0.25) is 0 Å². The van der Waals surface area contributed by atoms with Crippen LogP contribution in [0.2, 0.25) is 0 Å². The highest BCUT2D eigenvalue weighted by atomic mass is 19.4. The number of aromatic nitrogens is 2. The highest BCUT2D eigenvalue weighted by Gasteiger charge is 2.48. The third-order valence-corrected chi connectivity index (χ3v) is 3.90. The number of alkyl halides is 3. The predicted molar refractivity (Wildman–Crippen MR) is 76.7 cm³/mol. The Hall–Kier alpha value is -1.61. The number of hydrogen-bond acceptors (Lipinski definition) is 4. The Labute approximate surface area is 132 Å². The number of aryl methyl sites for hydroxylation is 1. The topological polar surface area (TPSA) is 70.4 Å². The van der Waals surface area contributed by atoms with Gasteiger partial charge in [-0.25, -0.2) is 0 Å². The third-order valence-electron chi connectivity index (χ3n) is 3.90. The lowest BCUT2D eigenvalue weighted by Crippen LogP contribution is -2.54. The number of amides is 1. The molecule has 2 rings (SSSR count). The summed E-state index contributed by atoms with van der Waals surface area (Å²) < 4.78 is 40.1. The van der Waals surface area contributed by atoms with Gasteiger partial charge in [-0.05, 0) is 20.3 Å². The predicted octanol–water partition coefficient (Wildman–Crippen LogP) is 1.06. The molecular weight excluding hydrogens is 313 g/mol. The van der Waals surface area contributed by atoms with Crippen molar-refractivity contribution in [2.24, 2.45) is 7.05 Å². The summed E-state index contributed by atoms with van der Waals surface area (Å²) in [7, 11) is 1.61. The minimum Gasteiger partial charge on any atom is -0.392 e. The molecule has 0 aromatic carbocycles. The summed E-state index contributed by atoms with van der Waals surface area (Å²) in [6.07, 6.45) is -2.71. The molecule has 0 radical (unpaired) electrons. The lowest BCUT2D eigenvalue weighted by Gasteiger charge is -2.28. The molecule has 1 unspecified atom stereocenters. The first kappa shape index (κ1) is 17.7. The monoisotopic (exact) mass is 334 g/mol. The first-order valence-corrected chi connectivity index (χ1v) is 7.32. The molecule has 1 aliphatic rings. The van der Waals surface area contributed by atoms with Gasteiger partial charge in [0.05, 0.1) is 6.10 Å². The van der Waals surface area contributed by atoms with Crippen LogP contribution in [-0.2, 0) is 13.6 Å². The zero-order valence-electron chi connectivity index (χ0n) is 13.3. The summed E-state index contributed by atoms with van der Waals surface area (Å²) in [6.45, 7) is 3.32. The number of nitrogens with one attached hydrogen (secondary N) is 1. The van der Waals surface area contributed by atoms with Gasteiger partial charge in [-0.15, -0.1) is 0 Å². The zero-order valence-corrected chi connectivity index (χ0v) is 13.3. The molecule has 1 fully saturated rings. The van der Waals surface area contributed by atoms with Crippen LogP contribution >= 0.6 is 0 Å². The number of likely N-dealkylation sites (tertiary alicyclic amines) is 1. The lowest BCUT2D eigenvalue weighted by molar-refractivity contribution is -0.182. The molecule has 1 aromatic rings. The molecule has 0 bridgehead atoms. The summed E-state index contributed by atoms with van der Waals surface area (Å²) in [5.74, 6) is -0.859. The summed E-state index contributed by atoms with van der Waals surface area (Å²) in [5.41, 5.74) is -1.83. The molecule has 9 heteroatoms. The molecule has 1 saturated heterocycles. The highest BCUT2D eigenvalue weighted by molar-refractivity contribution is 5.94. The van der Waals surface area contributed by atoms with Gasteiger partial charge in [0, 0.05) is 38.4 Å². The van der Waals surface area contributed by atoms with Crippen LogP contribution in [0.4, 0.5) is 13.2 Å². The van der Waals surface area contributed by atoms with Crippen LogP contribution in [0.3, 0.4) is 0 Å². The number of aliphatic hydroxyl groups excluding tert-OH is 1. The molecule has 130 valence electrons. The Morgan fingerprint density at radius 1 is 1.48 bits per heavy atom. The average molecular weight is 334 g/mol. The maximum Gasteiger partial charge on any atom is 0.410 e. The van der Waals surface area contributed by atoms with Crippen LogP contribution in [0.1, 0.15) is 36.3 Å². The lowest BCUT2D eigenvalue weighted by atomic mass is 10.0. The van der Waals surface area contributed by atoms with Crippen LogP contribution < -0.4 is 5.32 Å². The quantitative estimate of drug-likeness (QED) is 0.864. The number of aliphatic hydroxyl groups is 1. The standard InChI is InChI=1S/C14H21F3N4O2/c1-13(2,14(15,16)17)18-12(23)11-9(6-20(3)19-11)7-21-5-4-10(22)8-21/h6,10,22H,4-5,7-8H2,1-3H3,(H,18,23). The van der Waals surface area contributed by atoms with E-state index in [0.717, 1.165) is 13.8 Å². The maximum atomic E-state index is 12.9. The van der Waals surface area contributed by atoms with E-state index in [1.807, 2.05) is 10.2 Å². The van der Waals surface area contributed by atoms with Crippen molar-refractivity contribution in [1.82, 2.24) is 20.0 Å². The van der Waals surface area contributed by atoms with Crippen LogP contribution in [0.5, 0.6) is 0 Å². The van der Waals surface area contributed by atoms with Gasteiger partial charge in [0.15, 0.2) is 5.69 Å². The Balaban J connectivity index is 2.14. The number of β-amino-alcohol motifs (C(OH)–C–C–N with tert-alkyl or cyclic N) is 1. The van der Waals surface area contributed by atoms with Gasteiger partial charge in [-0.2, -0.15) is 18.3 Å². The van der Waals surface area contributed by atoms with E-state index in [2.05, 4.69) is 5.10 Å². The van der Waals surface area contributed by atoms with Crippen molar-refractivity contribution in [3.05, 3.63) is 17.5 Å². The van der Waals surface area contributed by atoms with E-state index < -0.39 is 23.7 Å². The van der Waals surface area contributed by atoms with Crippen molar-refractivity contribution in [2.75, 3.05) is 13.1 Å². The summed E-state index contributed by atoms with van der Waals surface area (Å²) in [5, 5.41) is 15.5. The van der Waals surface area contributed by atoms with Crippen molar-refractivity contribution >= 4 is 5.91 Å². The van der Waals surface area contributed by atoms with Crippen LogP contribution in [0.15, 0.2) is 6.20 Å². The number of carbonyl (C=O) groups excluding carboxylic acids is 1. The molecule has 1 atom stereocenters. The fraction of sp³-hybridized carbons (Fsp3) is 0.714. The Kier molecular flexibility index (Phi) is 4.72. The molecule has 6 nitrogen and oxygen atoms in total. The van der Waals surface area contributed by atoms with E-state index in [0.29, 0.717) is 31.6 Å². The smallest absolute Gasteiger partial charge is 0.392 e. The molecule has 0 saturated carbocycles. The second-order valence-corrected chi connectivity index (χ2v) is 6.43. The van der Waals surface area contributed by atoms with Crippen molar-refractivity contribution in [3.63, 3.8) is 0 Å². The van der Waals surface area contributed by atoms with E-state index >= 15 is 0 Å². The van der Waals surface area contributed by atoms with Crippen LogP contribution in [-0.4, -0.2) is 56.6 Å². The molecule has 2 heterocycles. The minimum atomic E-state index is -4.56. The number of hydrogen-bond donors (Lipinski definition) is 2. The maximum absolute atomic E-state index is 12.9. The molecule has 23 heavy (non-hydrogen) atoms. The van der Waals surface area contributed by atoms with Crippen molar-refractivity contribution in [1.29, 1.82) is 0 Å². The average Bonchev–Trinajstić information content (AvgIpc) is 2.94. The Bertz CT molecular complexity index is 583. The minimum absolute atomic E-state index is 0.0220. The highest BCUT2D eigenvalue weighted by Crippen LogP contribution is 2.30. The van der Waals surface area contributed by atoms with E-state index in [1.165, 1.54) is 4.68 Å². The van der Waals surface area contributed by atoms with Gasteiger partial charge in [-0.1, -0.05) is 0 Å². The molecular formula is C14H21F3N4O2. The van der Waals surface area contributed by atoms with Gasteiger partial charge >= 0.3 is 6.18 Å². The first-order valence-electron chi connectivity index (χ1n) is 7.32.